The van der Waals surface area contributed by atoms with Crippen molar-refractivity contribution in [2.45, 2.75) is 26.2 Å². The standard InChI is InChI=1S/C25H23NO3/c1-25(2,3)15-9-11-16(12-10-15)26(4)20-14-13-19-21(24(20)29)23(28)18-8-6-5-7-17(18)22(19)27/h5-14,29H,1-4H3. The number of rotatable bonds is 2. The number of hydrogen-bond donors (Lipinski definition) is 1. The van der Waals surface area contributed by atoms with Crippen LogP contribution in [0.2, 0.25) is 0 Å². The number of ketones is 2. The zero-order valence-corrected chi connectivity index (χ0v) is 17.0. The molecule has 0 aliphatic heterocycles. The van der Waals surface area contributed by atoms with Crippen LogP contribution >= 0.6 is 0 Å². The van der Waals surface area contributed by atoms with Gasteiger partial charge in [0.15, 0.2) is 17.3 Å². The maximum Gasteiger partial charge on any atom is 0.198 e. The summed E-state index contributed by atoms with van der Waals surface area (Å²) in [6.07, 6.45) is 0. The van der Waals surface area contributed by atoms with Gasteiger partial charge in [-0.05, 0) is 35.2 Å². The molecule has 0 fully saturated rings. The Morgan fingerprint density at radius 2 is 1.34 bits per heavy atom. The highest BCUT2D eigenvalue weighted by Gasteiger charge is 2.33. The topological polar surface area (TPSA) is 57.6 Å². The monoisotopic (exact) mass is 385 g/mol. The number of phenolic OH excluding ortho intramolecular Hbond substituents is 1. The van der Waals surface area contributed by atoms with E-state index in [-0.39, 0.29) is 33.9 Å². The van der Waals surface area contributed by atoms with Crippen molar-refractivity contribution in [1.82, 2.24) is 0 Å². The molecule has 1 N–H and O–H groups in total. The molecule has 0 radical (unpaired) electrons. The molecule has 0 bridgehead atoms. The Hall–Kier alpha value is -3.40. The average molecular weight is 385 g/mol. The van der Waals surface area contributed by atoms with Crippen LogP contribution in [0.5, 0.6) is 5.75 Å². The molecule has 1 aliphatic rings. The van der Waals surface area contributed by atoms with Gasteiger partial charge < -0.3 is 10.0 Å². The van der Waals surface area contributed by atoms with Crippen LogP contribution in [0.15, 0.2) is 60.7 Å². The van der Waals surface area contributed by atoms with Gasteiger partial charge in [-0.25, -0.2) is 0 Å². The molecular formula is C25H23NO3. The first-order valence-electron chi connectivity index (χ1n) is 9.59. The van der Waals surface area contributed by atoms with E-state index in [0.717, 1.165) is 5.69 Å². The van der Waals surface area contributed by atoms with Crippen LogP contribution in [0.3, 0.4) is 0 Å². The molecule has 0 spiro atoms. The minimum absolute atomic E-state index is 0.0469. The number of carbonyl (C=O) groups excluding carboxylic acids is 2. The number of benzene rings is 3. The number of fused-ring (bicyclic) bond motifs is 2. The fourth-order valence-electron chi connectivity index (χ4n) is 3.75. The second-order valence-electron chi connectivity index (χ2n) is 8.42. The van der Waals surface area contributed by atoms with E-state index in [4.69, 9.17) is 0 Å². The normalized spacial score (nSPS) is 13.1. The second-order valence-corrected chi connectivity index (χ2v) is 8.42. The highest BCUT2D eigenvalue weighted by Crippen LogP contribution is 2.40. The highest BCUT2D eigenvalue weighted by atomic mass is 16.3. The van der Waals surface area contributed by atoms with Crippen LogP contribution < -0.4 is 4.90 Å². The van der Waals surface area contributed by atoms with Crippen molar-refractivity contribution in [2.75, 3.05) is 11.9 Å². The van der Waals surface area contributed by atoms with Gasteiger partial charge >= 0.3 is 0 Å². The molecule has 4 nitrogen and oxygen atoms in total. The molecule has 0 amide bonds. The number of phenols is 1. The Kier molecular flexibility index (Phi) is 4.30. The molecule has 4 heteroatoms. The van der Waals surface area contributed by atoms with Crippen LogP contribution in [0.1, 0.15) is 58.2 Å². The minimum atomic E-state index is -0.328. The fraction of sp³-hybridized carbons (Fsp3) is 0.200. The van der Waals surface area contributed by atoms with Crippen molar-refractivity contribution in [1.29, 1.82) is 0 Å². The number of hydrogen-bond acceptors (Lipinski definition) is 4. The molecule has 0 heterocycles. The molecule has 29 heavy (non-hydrogen) atoms. The average Bonchev–Trinajstić information content (AvgIpc) is 2.71. The molecule has 0 unspecified atom stereocenters. The third kappa shape index (κ3) is 3.01. The first kappa shape index (κ1) is 18.9. The molecule has 0 saturated heterocycles. The summed E-state index contributed by atoms with van der Waals surface area (Å²) in [6.45, 7) is 6.46. The van der Waals surface area contributed by atoms with E-state index in [0.29, 0.717) is 16.8 Å². The molecule has 3 aromatic carbocycles. The summed E-state index contributed by atoms with van der Waals surface area (Å²) in [5.41, 5.74) is 3.64. The molecular weight excluding hydrogens is 362 g/mol. The Labute approximate surface area is 170 Å². The third-order valence-electron chi connectivity index (χ3n) is 5.53. The van der Waals surface area contributed by atoms with Crippen LogP contribution in [0, 0.1) is 0 Å². The zero-order valence-electron chi connectivity index (χ0n) is 17.0. The first-order valence-corrected chi connectivity index (χ1v) is 9.59. The summed E-state index contributed by atoms with van der Waals surface area (Å²) >= 11 is 0. The van der Waals surface area contributed by atoms with Gasteiger partial charge in [-0.15, -0.1) is 0 Å². The van der Waals surface area contributed by atoms with E-state index >= 15 is 0 Å². The SMILES string of the molecule is CN(c1ccc(C(C)(C)C)cc1)c1ccc2c(c1O)C(=O)c1ccccc1C2=O. The van der Waals surface area contributed by atoms with Gasteiger partial charge in [0, 0.05) is 29.4 Å². The second kappa shape index (κ2) is 6.59. The van der Waals surface area contributed by atoms with Gasteiger partial charge in [0.1, 0.15) is 0 Å². The van der Waals surface area contributed by atoms with E-state index < -0.39 is 0 Å². The molecule has 146 valence electrons. The molecule has 0 atom stereocenters. The smallest absolute Gasteiger partial charge is 0.198 e. The van der Waals surface area contributed by atoms with Gasteiger partial charge in [0.2, 0.25) is 0 Å². The van der Waals surface area contributed by atoms with Crippen molar-refractivity contribution in [3.8, 4) is 5.75 Å². The third-order valence-corrected chi connectivity index (χ3v) is 5.53. The maximum atomic E-state index is 13.0. The molecule has 1 aliphatic carbocycles. The van der Waals surface area contributed by atoms with Gasteiger partial charge in [-0.2, -0.15) is 0 Å². The predicted molar refractivity (Wildman–Crippen MR) is 115 cm³/mol. The first-order chi connectivity index (χ1) is 13.7. The van der Waals surface area contributed by atoms with E-state index in [1.54, 1.807) is 36.4 Å². The lowest BCUT2D eigenvalue weighted by Crippen LogP contribution is -2.22. The van der Waals surface area contributed by atoms with Crippen LogP contribution in [-0.4, -0.2) is 23.7 Å². The molecule has 3 aromatic rings. The Morgan fingerprint density at radius 3 is 1.93 bits per heavy atom. The van der Waals surface area contributed by atoms with E-state index in [2.05, 4.69) is 32.9 Å². The van der Waals surface area contributed by atoms with Crippen molar-refractivity contribution in [3.63, 3.8) is 0 Å². The zero-order chi connectivity index (χ0) is 20.9. The lowest BCUT2D eigenvalue weighted by atomic mass is 9.83. The summed E-state index contributed by atoms with van der Waals surface area (Å²) < 4.78 is 0. The largest absolute Gasteiger partial charge is 0.505 e. The minimum Gasteiger partial charge on any atom is -0.505 e. The van der Waals surface area contributed by atoms with E-state index in [1.165, 1.54) is 5.56 Å². The van der Waals surface area contributed by atoms with Gasteiger partial charge in [-0.3, -0.25) is 9.59 Å². The van der Waals surface area contributed by atoms with E-state index in [1.807, 2.05) is 24.1 Å². The van der Waals surface area contributed by atoms with Crippen molar-refractivity contribution >= 4 is 22.9 Å². The Bertz CT molecular complexity index is 1140. The Balaban J connectivity index is 1.78. The molecule has 0 saturated carbocycles. The lowest BCUT2D eigenvalue weighted by Gasteiger charge is -2.26. The van der Waals surface area contributed by atoms with E-state index in [9.17, 15) is 14.7 Å². The highest BCUT2D eigenvalue weighted by molar-refractivity contribution is 6.29. The molecule has 4 rings (SSSR count). The van der Waals surface area contributed by atoms with Gasteiger partial charge in [-0.1, -0.05) is 57.2 Å². The number of carbonyl (C=O) groups is 2. The van der Waals surface area contributed by atoms with Crippen LogP contribution in [0.4, 0.5) is 11.4 Å². The number of nitrogens with zero attached hydrogens (tertiary/aromatic N) is 1. The Morgan fingerprint density at radius 1 is 0.759 bits per heavy atom. The predicted octanol–water partition coefficient (Wildman–Crippen LogP) is 5.23. The van der Waals surface area contributed by atoms with Crippen molar-refractivity contribution in [2.24, 2.45) is 0 Å². The summed E-state index contributed by atoms with van der Waals surface area (Å²) in [6, 6.07) is 18.1. The van der Waals surface area contributed by atoms with Crippen molar-refractivity contribution in [3.05, 3.63) is 88.5 Å². The number of aromatic hydroxyl groups is 1. The lowest BCUT2D eigenvalue weighted by molar-refractivity contribution is 0.0977. The number of anilines is 2. The summed E-state index contributed by atoms with van der Waals surface area (Å²) in [4.78, 5) is 27.6. The van der Waals surface area contributed by atoms with Crippen molar-refractivity contribution < 1.29 is 14.7 Å². The van der Waals surface area contributed by atoms with Crippen LogP contribution in [-0.2, 0) is 5.41 Å². The van der Waals surface area contributed by atoms with Gasteiger partial charge in [0.05, 0.1) is 11.3 Å². The molecule has 0 aromatic heterocycles. The van der Waals surface area contributed by atoms with Crippen LogP contribution in [0.25, 0.3) is 0 Å². The quantitative estimate of drug-likeness (QED) is 0.513. The maximum absolute atomic E-state index is 13.0. The summed E-state index contributed by atoms with van der Waals surface area (Å²) in [5.74, 6) is -0.738. The summed E-state index contributed by atoms with van der Waals surface area (Å²) in [5, 5.41) is 10.9. The fourth-order valence-corrected chi connectivity index (χ4v) is 3.75. The van der Waals surface area contributed by atoms with Gasteiger partial charge in [0.25, 0.3) is 0 Å². The summed E-state index contributed by atoms with van der Waals surface area (Å²) in [7, 11) is 1.83.